The van der Waals surface area contributed by atoms with Gasteiger partial charge in [-0.1, -0.05) is 60.7 Å². The van der Waals surface area contributed by atoms with Gasteiger partial charge in [-0.15, -0.1) is 0 Å². The summed E-state index contributed by atoms with van der Waals surface area (Å²) in [6.45, 7) is 0. The molecular formula is C19H18O3. The van der Waals surface area contributed by atoms with Crippen molar-refractivity contribution in [3.8, 4) is 11.3 Å². The Morgan fingerprint density at radius 2 is 1.36 bits per heavy atom. The minimum absolute atomic E-state index is 0.560. The van der Waals surface area contributed by atoms with Crippen LogP contribution in [0, 0.1) is 0 Å². The molecule has 22 heavy (non-hydrogen) atoms. The quantitative estimate of drug-likeness (QED) is 0.630. The molecule has 0 aliphatic carbocycles. The molecule has 0 aliphatic rings. The molecule has 3 nitrogen and oxygen atoms in total. The fourth-order valence-corrected chi connectivity index (χ4v) is 2.54. The van der Waals surface area contributed by atoms with Crippen molar-refractivity contribution in [1.82, 2.24) is 0 Å². The Bertz CT molecular complexity index is 754. The van der Waals surface area contributed by atoms with Crippen molar-refractivity contribution in [3.63, 3.8) is 0 Å². The van der Waals surface area contributed by atoms with E-state index in [1.165, 1.54) is 5.56 Å². The number of benzene rings is 2. The summed E-state index contributed by atoms with van der Waals surface area (Å²) in [5.74, 6) is 0.575. The Kier molecular flexibility index (Phi) is 4.54. The van der Waals surface area contributed by atoms with Crippen molar-refractivity contribution >= 4 is 0 Å². The summed E-state index contributed by atoms with van der Waals surface area (Å²) in [6, 6.07) is 20.0. The first-order valence-corrected chi connectivity index (χ1v) is 7.55. The molecule has 3 aromatic rings. The number of hydrogen-bond donors (Lipinski definition) is 0. The predicted octanol–water partition coefficient (Wildman–Crippen LogP) is 4.47. The van der Waals surface area contributed by atoms with E-state index < -0.39 is 5.82 Å². The number of aryl methyl sites for hydroxylation is 2. The smallest absolute Gasteiger partial charge is 0.395 e. The van der Waals surface area contributed by atoms with Crippen LogP contribution in [0.2, 0.25) is 0 Å². The minimum Gasteiger partial charge on any atom is -0.395 e. The van der Waals surface area contributed by atoms with Gasteiger partial charge in [-0.2, -0.15) is 0 Å². The SMILES string of the molecule is O=c1oc(CCCCc2ccccc2)c(-c2ccccc2)o1. The van der Waals surface area contributed by atoms with Gasteiger partial charge in [0.2, 0.25) is 0 Å². The van der Waals surface area contributed by atoms with Crippen molar-refractivity contribution < 1.29 is 8.83 Å². The average Bonchev–Trinajstić information content (AvgIpc) is 2.94. The third kappa shape index (κ3) is 3.55. The highest BCUT2D eigenvalue weighted by Gasteiger charge is 2.14. The topological polar surface area (TPSA) is 43.4 Å². The maximum Gasteiger partial charge on any atom is 0.519 e. The molecule has 0 fully saturated rings. The van der Waals surface area contributed by atoms with Crippen LogP contribution >= 0.6 is 0 Å². The Labute approximate surface area is 129 Å². The lowest BCUT2D eigenvalue weighted by molar-refractivity contribution is 0.374. The van der Waals surface area contributed by atoms with E-state index in [9.17, 15) is 4.79 Å². The van der Waals surface area contributed by atoms with Crippen LogP contribution in [0.4, 0.5) is 0 Å². The van der Waals surface area contributed by atoms with Crippen LogP contribution in [0.15, 0.2) is 74.3 Å². The highest BCUT2D eigenvalue weighted by atomic mass is 16.6. The van der Waals surface area contributed by atoms with Gasteiger partial charge in [0.15, 0.2) is 11.5 Å². The molecule has 0 spiro atoms. The van der Waals surface area contributed by atoms with Gasteiger partial charge < -0.3 is 8.83 Å². The molecule has 0 amide bonds. The first-order chi connectivity index (χ1) is 10.8. The van der Waals surface area contributed by atoms with E-state index in [2.05, 4.69) is 24.3 Å². The lowest BCUT2D eigenvalue weighted by Crippen LogP contribution is -1.90. The molecule has 0 N–H and O–H groups in total. The molecule has 0 unspecified atom stereocenters. The summed E-state index contributed by atoms with van der Waals surface area (Å²) in [7, 11) is 0. The second-order valence-corrected chi connectivity index (χ2v) is 5.27. The average molecular weight is 294 g/mol. The molecule has 3 rings (SSSR count). The van der Waals surface area contributed by atoms with Crippen molar-refractivity contribution in [1.29, 1.82) is 0 Å². The first-order valence-electron chi connectivity index (χ1n) is 7.55. The van der Waals surface area contributed by atoms with Crippen LogP contribution in [0.1, 0.15) is 24.2 Å². The van der Waals surface area contributed by atoms with Crippen LogP contribution in [0.5, 0.6) is 0 Å². The van der Waals surface area contributed by atoms with Gasteiger partial charge in [-0.3, -0.25) is 0 Å². The van der Waals surface area contributed by atoms with Crippen LogP contribution < -0.4 is 5.82 Å². The second-order valence-electron chi connectivity index (χ2n) is 5.27. The maximum atomic E-state index is 11.4. The Hall–Kier alpha value is -2.55. The van der Waals surface area contributed by atoms with E-state index >= 15 is 0 Å². The van der Waals surface area contributed by atoms with Crippen LogP contribution in [-0.4, -0.2) is 0 Å². The van der Waals surface area contributed by atoms with E-state index in [0.717, 1.165) is 24.8 Å². The minimum atomic E-state index is -0.628. The predicted molar refractivity (Wildman–Crippen MR) is 85.8 cm³/mol. The van der Waals surface area contributed by atoms with Gasteiger partial charge in [0.05, 0.1) is 0 Å². The maximum absolute atomic E-state index is 11.4. The van der Waals surface area contributed by atoms with Gasteiger partial charge in [-0.25, -0.2) is 4.79 Å². The Morgan fingerprint density at radius 1 is 0.727 bits per heavy atom. The van der Waals surface area contributed by atoms with E-state index in [-0.39, 0.29) is 0 Å². The molecule has 0 saturated heterocycles. The lowest BCUT2D eigenvalue weighted by Gasteiger charge is -2.02. The molecule has 2 aromatic carbocycles. The Balaban J connectivity index is 1.62. The van der Waals surface area contributed by atoms with E-state index in [4.69, 9.17) is 8.83 Å². The second kappa shape index (κ2) is 6.94. The number of unbranched alkanes of at least 4 members (excludes halogenated alkanes) is 1. The standard InChI is InChI=1S/C19H18O3/c20-19-21-17(18(22-19)16-12-5-2-6-13-16)14-8-7-11-15-9-3-1-4-10-15/h1-6,9-10,12-13H,7-8,11,14H2. The largest absolute Gasteiger partial charge is 0.519 e. The third-order valence-corrected chi connectivity index (χ3v) is 3.64. The molecular weight excluding hydrogens is 276 g/mol. The van der Waals surface area contributed by atoms with Gasteiger partial charge in [-0.05, 0) is 24.8 Å². The van der Waals surface area contributed by atoms with Gasteiger partial charge in [0.1, 0.15) is 0 Å². The monoisotopic (exact) mass is 294 g/mol. The molecule has 112 valence electrons. The summed E-state index contributed by atoms with van der Waals surface area (Å²) >= 11 is 0. The highest BCUT2D eigenvalue weighted by molar-refractivity contribution is 5.58. The van der Waals surface area contributed by atoms with Gasteiger partial charge in [0.25, 0.3) is 0 Å². The zero-order chi connectivity index (χ0) is 15.2. The van der Waals surface area contributed by atoms with E-state index in [1.54, 1.807) is 0 Å². The summed E-state index contributed by atoms with van der Waals surface area (Å²) in [4.78, 5) is 11.4. The van der Waals surface area contributed by atoms with Gasteiger partial charge in [0, 0.05) is 12.0 Å². The molecule has 0 atom stereocenters. The zero-order valence-corrected chi connectivity index (χ0v) is 12.3. The molecule has 0 saturated carbocycles. The number of hydrogen-bond acceptors (Lipinski definition) is 3. The van der Waals surface area contributed by atoms with Gasteiger partial charge >= 0.3 is 5.82 Å². The van der Waals surface area contributed by atoms with Crippen LogP contribution in [-0.2, 0) is 12.8 Å². The fourth-order valence-electron chi connectivity index (χ4n) is 2.54. The number of rotatable bonds is 6. The molecule has 0 aliphatic heterocycles. The van der Waals surface area contributed by atoms with Crippen LogP contribution in [0.3, 0.4) is 0 Å². The van der Waals surface area contributed by atoms with Crippen molar-refractivity contribution in [2.75, 3.05) is 0 Å². The fraction of sp³-hybridized carbons (Fsp3) is 0.211. The molecule has 0 radical (unpaired) electrons. The molecule has 0 bridgehead atoms. The summed E-state index contributed by atoms with van der Waals surface area (Å²) in [5.41, 5.74) is 2.21. The lowest BCUT2D eigenvalue weighted by atomic mass is 10.0. The summed E-state index contributed by atoms with van der Waals surface area (Å²) in [5, 5.41) is 0. The van der Waals surface area contributed by atoms with Crippen molar-refractivity contribution in [3.05, 3.63) is 82.6 Å². The Morgan fingerprint density at radius 3 is 2.09 bits per heavy atom. The van der Waals surface area contributed by atoms with Crippen LogP contribution in [0.25, 0.3) is 11.3 Å². The van der Waals surface area contributed by atoms with E-state index in [0.29, 0.717) is 17.9 Å². The van der Waals surface area contributed by atoms with Crippen molar-refractivity contribution in [2.24, 2.45) is 0 Å². The summed E-state index contributed by atoms with van der Waals surface area (Å²) in [6.07, 6.45) is 3.75. The summed E-state index contributed by atoms with van der Waals surface area (Å²) < 4.78 is 10.4. The molecule has 3 heteroatoms. The van der Waals surface area contributed by atoms with E-state index in [1.807, 2.05) is 36.4 Å². The highest BCUT2D eigenvalue weighted by Crippen LogP contribution is 2.24. The molecule has 1 heterocycles. The van der Waals surface area contributed by atoms with Crippen molar-refractivity contribution in [2.45, 2.75) is 25.7 Å². The third-order valence-electron chi connectivity index (χ3n) is 3.64. The molecule has 1 aromatic heterocycles. The zero-order valence-electron chi connectivity index (χ0n) is 12.3. The first kappa shape index (κ1) is 14.4. The normalized spacial score (nSPS) is 10.7.